The molecular weight excluding hydrogens is 325 g/mol. The lowest BCUT2D eigenvalue weighted by Gasteiger charge is -2.35. The number of anilines is 2. The van der Waals surface area contributed by atoms with E-state index in [2.05, 4.69) is 16.0 Å². The number of fused-ring (bicyclic) bond motifs is 3. The highest BCUT2D eigenvalue weighted by Crippen LogP contribution is 2.44. The number of hydrogen-bond acceptors (Lipinski definition) is 3. The van der Waals surface area contributed by atoms with Crippen molar-refractivity contribution in [3.05, 3.63) is 57.6 Å². The molecule has 0 saturated carbocycles. The van der Waals surface area contributed by atoms with E-state index in [0.717, 1.165) is 0 Å². The summed E-state index contributed by atoms with van der Waals surface area (Å²) in [6, 6.07) is 10.1. The Morgan fingerprint density at radius 3 is 2.59 bits per heavy atom. The highest BCUT2D eigenvalue weighted by molar-refractivity contribution is 6.38. The molecule has 3 N–H and O–H groups in total. The van der Waals surface area contributed by atoms with Gasteiger partial charge < -0.3 is 16.0 Å². The van der Waals surface area contributed by atoms with E-state index in [4.69, 9.17) is 23.2 Å². The maximum Gasteiger partial charge on any atom is 0.276 e. The molecule has 2 aromatic rings. The van der Waals surface area contributed by atoms with Gasteiger partial charge in [0, 0.05) is 16.3 Å². The van der Waals surface area contributed by atoms with Crippen LogP contribution in [-0.4, -0.2) is 11.8 Å². The highest BCUT2D eigenvalue weighted by Gasteiger charge is 2.51. The normalized spacial score (nSPS) is 21.7. The van der Waals surface area contributed by atoms with Crippen molar-refractivity contribution in [2.75, 3.05) is 10.6 Å². The summed E-state index contributed by atoms with van der Waals surface area (Å²) < 4.78 is 0. The number of halogens is 2. The minimum Gasteiger partial charge on any atom is -0.350 e. The van der Waals surface area contributed by atoms with Crippen molar-refractivity contribution in [3.8, 4) is 0 Å². The minimum atomic E-state index is -1.41. The Balaban J connectivity index is 1.95. The van der Waals surface area contributed by atoms with Crippen LogP contribution in [0.1, 0.15) is 15.9 Å². The maximum atomic E-state index is 12.5. The van der Waals surface area contributed by atoms with Gasteiger partial charge in [0.15, 0.2) is 0 Å². The van der Waals surface area contributed by atoms with Gasteiger partial charge in [-0.25, -0.2) is 0 Å². The summed E-state index contributed by atoms with van der Waals surface area (Å²) >= 11 is 12.2. The van der Waals surface area contributed by atoms with Gasteiger partial charge in [-0.05, 0) is 24.3 Å². The molecule has 2 heterocycles. The molecule has 4 rings (SSSR count). The average molecular weight is 334 g/mol. The molecular formula is C15H9Cl2N3O2. The van der Waals surface area contributed by atoms with Crippen LogP contribution < -0.4 is 16.0 Å². The Morgan fingerprint density at radius 1 is 1.00 bits per heavy atom. The van der Waals surface area contributed by atoms with Crippen molar-refractivity contribution >= 4 is 46.4 Å². The van der Waals surface area contributed by atoms with E-state index in [1.807, 2.05) is 0 Å². The van der Waals surface area contributed by atoms with Crippen molar-refractivity contribution in [3.63, 3.8) is 0 Å². The zero-order valence-corrected chi connectivity index (χ0v) is 12.5. The predicted molar refractivity (Wildman–Crippen MR) is 84.3 cm³/mol. The number of nitrogens with one attached hydrogen (secondary N) is 3. The molecule has 0 aromatic heterocycles. The second-order valence-electron chi connectivity index (χ2n) is 5.14. The van der Waals surface area contributed by atoms with Crippen LogP contribution in [0.25, 0.3) is 0 Å². The molecule has 2 aromatic carbocycles. The first-order valence-electron chi connectivity index (χ1n) is 6.52. The van der Waals surface area contributed by atoms with Gasteiger partial charge in [-0.2, -0.15) is 0 Å². The maximum absolute atomic E-state index is 12.5. The van der Waals surface area contributed by atoms with Gasteiger partial charge in [0.05, 0.1) is 16.3 Å². The van der Waals surface area contributed by atoms with Gasteiger partial charge in [-0.3, -0.25) is 9.59 Å². The highest BCUT2D eigenvalue weighted by atomic mass is 35.5. The first-order chi connectivity index (χ1) is 10.5. The molecule has 0 saturated heterocycles. The molecule has 7 heteroatoms. The number of benzene rings is 2. The second-order valence-corrected chi connectivity index (χ2v) is 5.98. The summed E-state index contributed by atoms with van der Waals surface area (Å²) in [5.74, 6) is -0.747. The molecule has 1 unspecified atom stereocenters. The molecule has 0 fully saturated rings. The Hall–Kier alpha value is -2.24. The summed E-state index contributed by atoms with van der Waals surface area (Å²) in [6.07, 6.45) is 0. The van der Waals surface area contributed by atoms with Crippen LogP contribution in [0.4, 0.5) is 11.4 Å². The fraction of sp³-hybridized carbons (Fsp3) is 0.0667. The first kappa shape index (κ1) is 13.4. The quantitative estimate of drug-likeness (QED) is 0.694. The van der Waals surface area contributed by atoms with E-state index >= 15 is 0 Å². The molecule has 5 nitrogen and oxygen atoms in total. The van der Waals surface area contributed by atoms with Gasteiger partial charge in [-0.15, -0.1) is 0 Å². The SMILES string of the molecule is O=C1NC2(Nc3ccccc31)C(=O)Nc1c(Cl)cc(Cl)cc12. The molecule has 2 aliphatic rings. The number of carbonyl (C=O) groups excluding carboxylic acids is 2. The molecule has 0 aliphatic carbocycles. The molecule has 110 valence electrons. The molecule has 1 atom stereocenters. The second kappa shape index (κ2) is 4.38. The average Bonchev–Trinajstić information content (AvgIpc) is 2.73. The van der Waals surface area contributed by atoms with Crippen molar-refractivity contribution in [2.45, 2.75) is 5.66 Å². The van der Waals surface area contributed by atoms with Crippen LogP contribution >= 0.6 is 23.2 Å². The van der Waals surface area contributed by atoms with E-state index < -0.39 is 11.6 Å². The largest absolute Gasteiger partial charge is 0.350 e. The summed E-state index contributed by atoms with van der Waals surface area (Å²) in [4.78, 5) is 24.9. The molecule has 22 heavy (non-hydrogen) atoms. The topological polar surface area (TPSA) is 70.2 Å². The molecule has 0 bridgehead atoms. The zero-order valence-electron chi connectivity index (χ0n) is 11.0. The molecule has 0 radical (unpaired) electrons. The van der Waals surface area contributed by atoms with Crippen molar-refractivity contribution in [1.29, 1.82) is 0 Å². The van der Waals surface area contributed by atoms with Gasteiger partial charge in [0.25, 0.3) is 11.8 Å². The summed E-state index contributed by atoms with van der Waals surface area (Å²) in [7, 11) is 0. The van der Waals surface area contributed by atoms with E-state index in [1.54, 1.807) is 36.4 Å². The fourth-order valence-electron chi connectivity index (χ4n) is 2.84. The van der Waals surface area contributed by atoms with E-state index in [0.29, 0.717) is 32.5 Å². The van der Waals surface area contributed by atoms with Gasteiger partial charge >= 0.3 is 0 Å². The van der Waals surface area contributed by atoms with E-state index in [-0.39, 0.29) is 5.91 Å². The first-order valence-corrected chi connectivity index (χ1v) is 7.27. The molecule has 2 amide bonds. The van der Waals surface area contributed by atoms with Crippen molar-refractivity contribution in [2.24, 2.45) is 0 Å². The Morgan fingerprint density at radius 2 is 1.77 bits per heavy atom. The third kappa shape index (κ3) is 1.66. The predicted octanol–water partition coefficient (Wildman–Crippen LogP) is 2.95. The lowest BCUT2D eigenvalue weighted by atomic mass is 9.95. The molecule has 1 spiro atoms. The van der Waals surface area contributed by atoms with Crippen LogP contribution in [0.15, 0.2) is 36.4 Å². The van der Waals surface area contributed by atoms with Gasteiger partial charge in [0.2, 0.25) is 5.66 Å². The summed E-state index contributed by atoms with van der Waals surface area (Å²) in [6.45, 7) is 0. The number of amides is 2. The lowest BCUT2D eigenvalue weighted by Crippen LogP contribution is -2.59. The monoisotopic (exact) mass is 333 g/mol. The number of rotatable bonds is 0. The zero-order chi connectivity index (χ0) is 15.5. The minimum absolute atomic E-state index is 0.322. The lowest BCUT2D eigenvalue weighted by molar-refractivity contribution is -0.120. The standard InChI is InChI=1S/C15H9Cl2N3O2/c16-7-5-9-12(10(17)6-7)18-14(22)15(9)19-11-4-2-1-3-8(11)13(21)20-15/h1-6,19H,(H,18,22)(H,20,21). The van der Waals surface area contributed by atoms with Crippen LogP contribution in [0.3, 0.4) is 0 Å². The van der Waals surface area contributed by atoms with E-state index in [9.17, 15) is 9.59 Å². The molecule has 2 aliphatic heterocycles. The number of carbonyl (C=O) groups is 2. The van der Waals surface area contributed by atoms with Crippen LogP contribution in [0.2, 0.25) is 10.0 Å². The Kier molecular flexibility index (Phi) is 2.67. The smallest absolute Gasteiger partial charge is 0.276 e. The van der Waals surface area contributed by atoms with Gasteiger partial charge in [0.1, 0.15) is 0 Å². The summed E-state index contributed by atoms with van der Waals surface area (Å²) in [5, 5.41) is 9.23. The van der Waals surface area contributed by atoms with Gasteiger partial charge in [-0.1, -0.05) is 35.3 Å². The third-order valence-electron chi connectivity index (χ3n) is 3.83. The Labute approximate surface area is 135 Å². The van der Waals surface area contributed by atoms with Crippen molar-refractivity contribution < 1.29 is 9.59 Å². The van der Waals surface area contributed by atoms with Crippen LogP contribution in [0.5, 0.6) is 0 Å². The Bertz CT molecular complexity index is 853. The van der Waals surface area contributed by atoms with E-state index in [1.165, 1.54) is 0 Å². The number of para-hydroxylation sites is 1. The fourth-order valence-corrected chi connectivity index (χ4v) is 3.38. The van der Waals surface area contributed by atoms with Crippen molar-refractivity contribution in [1.82, 2.24) is 5.32 Å². The third-order valence-corrected chi connectivity index (χ3v) is 4.35. The van der Waals surface area contributed by atoms with Crippen LogP contribution in [0, 0.1) is 0 Å². The number of hydrogen-bond donors (Lipinski definition) is 3. The van der Waals surface area contributed by atoms with Crippen LogP contribution in [-0.2, 0) is 10.5 Å². The summed E-state index contributed by atoms with van der Waals surface area (Å²) in [5.41, 5.74) is 0.587.